The van der Waals surface area contributed by atoms with E-state index in [4.69, 9.17) is 0 Å². The van der Waals surface area contributed by atoms with E-state index < -0.39 is 0 Å². The number of nitrogens with one attached hydrogen (secondary N) is 2. The number of carbonyl (C=O) groups excluding carboxylic acids is 1. The van der Waals surface area contributed by atoms with Gasteiger partial charge < -0.3 is 10.6 Å². The smallest absolute Gasteiger partial charge is 0.275 e. The molecule has 0 aliphatic heterocycles. The molecule has 0 radical (unpaired) electrons. The maximum atomic E-state index is 11.9. The lowest BCUT2D eigenvalue weighted by atomic mass is 10.3. The van der Waals surface area contributed by atoms with E-state index in [0.717, 1.165) is 12.2 Å². The number of hydrogen-bond donors (Lipinski definition) is 2. The molecule has 0 unspecified atom stereocenters. The van der Waals surface area contributed by atoms with E-state index in [0.29, 0.717) is 11.5 Å². The fraction of sp³-hybridized carbons (Fsp3) is 0.250. The van der Waals surface area contributed by atoms with Crippen LogP contribution in [-0.4, -0.2) is 27.7 Å². The van der Waals surface area contributed by atoms with E-state index in [1.165, 1.54) is 0 Å². The minimum absolute atomic E-state index is 0.265. The van der Waals surface area contributed by atoms with Crippen LogP contribution in [0.2, 0.25) is 0 Å². The van der Waals surface area contributed by atoms with Crippen LogP contribution in [0.4, 0.5) is 11.5 Å². The van der Waals surface area contributed by atoms with Crippen molar-refractivity contribution >= 4 is 17.4 Å². The molecule has 1 amide bonds. The van der Waals surface area contributed by atoms with Crippen LogP contribution in [0.25, 0.3) is 0 Å². The summed E-state index contributed by atoms with van der Waals surface area (Å²) in [4.78, 5) is 15.9. The van der Waals surface area contributed by atoms with Crippen molar-refractivity contribution in [2.45, 2.75) is 13.5 Å². The molecule has 0 saturated heterocycles. The number of aromatic nitrogens is 3. The van der Waals surface area contributed by atoms with Crippen LogP contribution in [-0.2, 0) is 6.54 Å². The Kier molecular flexibility index (Phi) is 3.57. The van der Waals surface area contributed by atoms with Gasteiger partial charge in [-0.25, -0.2) is 4.98 Å². The van der Waals surface area contributed by atoms with Gasteiger partial charge in [0.05, 0.1) is 11.9 Å². The highest BCUT2D eigenvalue weighted by atomic mass is 16.1. The molecule has 0 aliphatic carbocycles. The van der Waals surface area contributed by atoms with Crippen molar-refractivity contribution in [3.8, 4) is 0 Å². The second-order valence-corrected chi connectivity index (χ2v) is 3.69. The Morgan fingerprint density at radius 3 is 2.78 bits per heavy atom. The van der Waals surface area contributed by atoms with E-state index in [-0.39, 0.29) is 5.91 Å². The number of pyridine rings is 1. The summed E-state index contributed by atoms with van der Waals surface area (Å²) in [5.41, 5.74) is 1.22. The first kappa shape index (κ1) is 12.1. The molecule has 0 aromatic carbocycles. The summed E-state index contributed by atoms with van der Waals surface area (Å²) in [5, 5.41) is 9.81. The average molecular weight is 245 g/mol. The van der Waals surface area contributed by atoms with E-state index in [1.807, 2.05) is 13.1 Å². The van der Waals surface area contributed by atoms with Crippen molar-refractivity contribution in [1.29, 1.82) is 0 Å². The molecular formula is C12H15N5O. The Morgan fingerprint density at radius 2 is 2.22 bits per heavy atom. The van der Waals surface area contributed by atoms with Gasteiger partial charge in [-0.1, -0.05) is 0 Å². The molecule has 18 heavy (non-hydrogen) atoms. The molecule has 2 aromatic heterocycles. The maximum absolute atomic E-state index is 11.9. The van der Waals surface area contributed by atoms with Crippen molar-refractivity contribution in [2.75, 3.05) is 17.7 Å². The molecule has 2 aromatic rings. The number of hydrogen-bond acceptors (Lipinski definition) is 4. The Hall–Kier alpha value is -2.37. The highest BCUT2D eigenvalue weighted by molar-refractivity contribution is 6.02. The molecule has 0 atom stereocenters. The molecule has 0 fully saturated rings. The predicted octanol–water partition coefficient (Wildman–Crippen LogP) is 1.59. The minimum Gasteiger partial charge on any atom is -0.387 e. The van der Waals surface area contributed by atoms with Crippen molar-refractivity contribution in [1.82, 2.24) is 14.8 Å². The van der Waals surface area contributed by atoms with E-state index in [2.05, 4.69) is 20.7 Å². The van der Waals surface area contributed by atoms with Crippen molar-refractivity contribution < 1.29 is 4.79 Å². The first-order chi connectivity index (χ1) is 8.72. The number of amides is 1. The zero-order valence-electron chi connectivity index (χ0n) is 10.3. The summed E-state index contributed by atoms with van der Waals surface area (Å²) >= 11 is 0. The van der Waals surface area contributed by atoms with Crippen molar-refractivity contribution in [2.24, 2.45) is 0 Å². The molecule has 0 bridgehead atoms. The van der Waals surface area contributed by atoms with Gasteiger partial charge in [-0.3, -0.25) is 9.48 Å². The maximum Gasteiger partial charge on any atom is 0.275 e. The standard InChI is InChI=1S/C12H15N5O/c1-3-17-7-6-11(16-17)15-12(18)10-5-4-9(13-2)8-14-10/h4-8,13H,3H2,1-2H3,(H,15,16,18). The molecule has 2 rings (SSSR count). The summed E-state index contributed by atoms with van der Waals surface area (Å²) in [5.74, 6) is 0.264. The van der Waals surface area contributed by atoms with Gasteiger partial charge in [0.25, 0.3) is 5.91 Å². The fourth-order valence-electron chi connectivity index (χ4n) is 1.46. The van der Waals surface area contributed by atoms with Gasteiger partial charge in [0.1, 0.15) is 5.69 Å². The van der Waals surface area contributed by atoms with Crippen LogP contribution in [0.15, 0.2) is 30.6 Å². The molecule has 6 nitrogen and oxygen atoms in total. The van der Waals surface area contributed by atoms with Crippen LogP contribution < -0.4 is 10.6 Å². The first-order valence-corrected chi connectivity index (χ1v) is 5.71. The Balaban J connectivity index is 2.06. The molecular weight excluding hydrogens is 230 g/mol. The van der Waals surface area contributed by atoms with Crippen molar-refractivity contribution in [3.63, 3.8) is 0 Å². The largest absolute Gasteiger partial charge is 0.387 e. The van der Waals surface area contributed by atoms with Gasteiger partial charge in [-0.2, -0.15) is 5.10 Å². The minimum atomic E-state index is -0.265. The lowest BCUT2D eigenvalue weighted by molar-refractivity contribution is 0.102. The normalized spacial score (nSPS) is 10.1. The van der Waals surface area contributed by atoms with Crippen molar-refractivity contribution in [3.05, 3.63) is 36.3 Å². The van der Waals surface area contributed by atoms with Crippen LogP contribution >= 0.6 is 0 Å². The predicted molar refractivity (Wildman–Crippen MR) is 69.6 cm³/mol. The topological polar surface area (TPSA) is 71.8 Å². The molecule has 2 N–H and O–H groups in total. The summed E-state index contributed by atoms with van der Waals surface area (Å²) < 4.78 is 1.74. The van der Waals surface area contributed by atoms with E-state index >= 15 is 0 Å². The Labute approximate surface area is 105 Å². The van der Waals surface area contributed by atoms with Crippen LogP contribution in [0.1, 0.15) is 17.4 Å². The van der Waals surface area contributed by atoms with Gasteiger partial charge in [-0.15, -0.1) is 0 Å². The highest BCUT2D eigenvalue weighted by Gasteiger charge is 2.08. The summed E-state index contributed by atoms with van der Waals surface area (Å²) in [6.07, 6.45) is 3.42. The summed E-state index contributed by atoms with van der Waals surface area (Å²) in [6.45, 7) is 2.75. The van der Waals surface area contributed by atoms with Crippen LogP contribution in [0.3, 0.4) is 0 Å². The first-order valence-electron chi connectivity index (χ1n) is 5.71. The van der Waals surface area contributed by atoms with E-state index in [9.17, 15) is 4.79 Å². The fourth-order valence-corrected chi connectivity index (χ4v) is 1.46. The number of rotatable bonds is 4. The number of nitrogens with zero attached hydrogens (tertiary/aromatic N) is 3. The lowest BCUT2D eigenvalue weighted by Gasteiger charge is -2.03. The molecule has 2 heterocycles. The number of aryl methyl sites for hydroxylation is 1. The quantitative estimate of drug-likeness (QED) is 0.858. The van der Waals surface area contributed by atoms with Crippen LogP contribution in [0.5, 0.6) is 0 Å². The monoisotopic (exact) mass is 245 g/mol. The third-order valence-corrected chi connectivity index (χ3v) is 2.49. The summed E-state index contributed by atoms with van der Waals surface area (Å²) in [7, 11) is 1.80. The molecule has 0 saturated carbocycles. The SMILES string of the molecule is CCn1ccc(NC(=O)c2ccc(NC)cn2)n1. The Bertz CT molecular complexity index is 532. The molecule has 94 valence electrons. The number of carbonyl (C=O) groups is 1. The molecule has 0 spiro atoms. The third kappa shape index (κ3) is 2.65. The van der Waals surface area contributed by atoms with Gasteiger partial charge in [-0.05, 0) is 19.1 Å². The average Bonchev–Trinajstić information content (AvgIpc) is 2.86. The van der Waals surface area contributed by atoms with E-state index in [1.54, 1.807) is 36.1 Å². The van der Waals surface area contributed by atoms with Crippen LogP contribution in [0, 0.1) is 0 Å². The lowest BCUT2D eigenvalue weighted by Crippen LogP contribution is -2.14. The van der Waals surface area contributed by atoms with Gasteiger partial charge in [0.15, 0.2) is 5.82 Å². The zero-order valence-corrected chi connectivity index (χ0v) is 10.3. The zero-order chi connectivity index (χ0) is 13.0. The molecule has 6 heteroatoms. The highest BCUT2D eigenvalue weighted by Crippen LogP contribution is 2.08. The Morgan fingerprint density at radius 1 is 1.39 bits per heavy atom. The van der Waals surface area contributed by atoms with Gasteiger partial charge in [0.2, 0.25) is 0 Å². The van der Waals surface area contributed by atoms with Gasteiger partial charge >= 0.3 is 0 Å². The summed E-state index contributed by atoms with van der Waals surface area (Å²) in [6, 6.07) is 5.22. The van der Waals surface area contributed by atoms with Gasteiger partial charge in [0, 0.05) is 25.9 Å². The number of anilines is 2. The third-order valence-electron chi connectivity index (χ3n) is 2.49. The second-order valence-electron chi connectivity index (χ2n) is 3.69. The second kappa shape index (κ2) is 5.31. The molecule has 0 aliphatic rings.